The fourth-order valence-electron chi connectivity index (χ4n) is 8.93. The van der Waals surface area contributed by atoms with Crippen molar-refractivity contribution in [3.63, 3.8) is 0 Å². The number of anilines is 2. The van der Waals surface area contributed by atoms with Crippen LogP contribution in [0.25, 0.3) is 33.8 Å². The monoisotopic (exact) mass is 1170 g/mol. The van der Waals surface area contributed by atoms with Gasteiger partial charge in [-0.3, -0.25) is 19.2 Å². The number of rotatable bonds is 38. The Balaban J connectivity index is 0.00000579. The second-order valence-corrected chi connectivity index (χ2v) is 19.8. The fraction of sp³-hybridized carbons (Fsp3) is 0.452. The summed E-state index contributed by atoms with van der Waals surface area (Å²) in [5.41, 5.74) is 10.4. The normalized spacial score (nSPS) is 11.2. The molecule has 6 heterocycles. The minimum absolute atomic E-state index is 0. The average molecular weight is 1170 g/mol. The summed E-state index contributed by atoms with van der Waals surface area (Å²) >= 11 is 0. The SMILES string of the molecule is C.C.Cc1cc(C)n2ccc(C(=O)Nc3ccc(-c4cn(CCOCCOCCC(=O)CCCOCCOCCOCCCC(=O)CCOCCOCCn5cc(-c6ccc(NC(=O)c7ccn8c(C)cc(C)nc78)cc6)nn5)nn4)cc3)c2n1. The van der Waals surface area contributed by atoms with Gasteiger partial charge in [0.05, 0.1) is 116 Å². The van der Waals surface area contributed by atoms with Crippen molar-refractivity contribution in [2.45, 2.75) is 94.2 Å². The highest BCUT2D eigenvalue weighted by atomic mass is 16.5. The first kappa shape index (κ1) is 66.2. The van der Waals surface area contributed by atoms with Gasteiger partial charge in [0.2, 0.25) is 0 Å². The highest BCUT2D eigenvalue weighted by Crippen LogP contribution is 2.23. The van der Waals surface area contributed by atoms with Gasteiger partial charge >= 0.3 is 0 Å². The quantitative estimate of drug-likeness (QED) is 0.0343. The van der Waals surface area contributed by atoms with E-state index in [4.69, 9.17) is 33.2 Å². The van der Waals surface area contributed by atoms with Crippen LogP contribution in [0.5, 0.6) is 0 Å². The molecule has 85 heavy (non-hydrogen) atoms. The van der Waals surface area contributed by atoms with Gasteiger partial charge in [-0.15, -0.1) is 10.2 Å². The van der Waals surface area contributed by atoms with Crippen LogP contribution in [0, 0.1) is 27.7 Å². The van der Waals surface area contributed by atoms with Crippen LogP contribution < -0.4 is 10.6 Å². The maximum Gasteiger partial charge on any atom is 0.259 e. The summed E-state index contributed by atoms with van der Waals surface area (Å²) in [6, 6.07) is 22.4. The molecule has 0 saturated carbocycles. The van der Waals surface area contributed by atoms with E-state index in [0.717, 1.165) is 33.9 Å². The smallest absolute Gasteiger partial charge is 0.259 e. The first-order chi connectivity index (χ1) is 40.5. The number of amides is 2. The highest BCUT2D eigenvalue weighted by molar-refractivity contribution is 6.09. The molecule has 8 aromatic rings. The minimum Gasteiger partial charge on any atom is -0.379 e. The van der Waals surface area contributed by atoms with E-state index in [0.29, 0.717) is 189 Å². The number of nitrogens with one attached hydrogen (secondary N) is 2. The third-order valence-corrected chi connectivity index (χ3v) is 13.3. The molecule has 456 valence electrons. The van der Waals surface area contributed by atoms with Crippen molar-refractivity contribution >= 4 is 46.0 Å². The molecule has 0 atom stereocenters. The zero-order valence-corrected chi connectivity index (χ0v) is 47.8. The van der Waals surface area contributed by atoms with Crippen LogP contribution in [0.2, 0.25) is 0 Å². The summed E-state index contributed by atoms with van der Waals surface area (Å²) in [5, 5.41) is 22.9. The number of hydrogen-bond acceptors (Lipinski definition) is 17. The lowest BCUT2D eigenvalue weighted by Gasteiger charge is -2.08. The van der Waals surface area contributed by atoms with E-state index >= 15 is 0 Å². The summed E-state index contributed by atoms with van der Waals surface area (Å²) in [5.74, 6) is -0.207. The third-order valence-electron chi connectivity index (χ3n) is 13.3. The number of hydrogen-bond donors (Lipinski definition) is 2. The number of nitrogens with zero attached hydrogens (tertiary/aromatic N) is 10. The molecule has 0 fully saturated rings. The molecule has 23 nitrogen and oxygen atoms in total. The van der Waals surface area contributed by atoms with E-state index in [1.54, 1.807) is 21.5 Å². The molecule has 0 unspecified atom stereocenters. The van der Waals surface area contributed by atoms with Gasteiger partial charge in [-0.2, -0.15) is 0 Å². The van der Waals surface area contributed by atoms with Crippen LogP contribution in [-0.4, -0.2) is 165 Å². The van der Waals surface area contributed by atoms with Gasteiger partial charge in [0.15, 0.2) is 0 Å². The van der Waals surface area contributed by atoms with Crippen LogP contribution in [0.3, 0.4) is 0 Å². The number of benzene rings is 2. The van der Waals surface area contributed by atoms with Crippen molar-refractivity contribution in [3.8, 4) is 22.5 Å². The Morgan fingerprint density at radius 2 is 0.788 bits per heavy atom. The number of ether oxygens (including phenoxy) is 7. The number of Topliss-reactive ketones (excluding diaryl/α,β-unsaturated/α-hetero) is 2. The molecule has 0 aliphatic rings. The van der Waals surface area contributed by atoms with Gasteiger partial charge in [-0.05, 0) is 89.1 Å². The molecule has 2 N–H and O–H groups in total. The molecule has 0 saturated heterocycles. The lowest BCUT2D eigenvalue weighted by molar-refractivity contribution is -0.121. The summed E-state index contributed by atoms with van der Waals surface area (Å²) in [6.45, 7) is 14.6. The van der Waals surface area contributed by atoms with Crippen LogP contribution in [0.4, 0.5) is 11.4 Å². The molecule has 0 aliphatic heterocycles. The Labute approximate surface area is 496 Å². The average Bonchev–Trinajstić information content (AvgIpc) is 2.57. The van der Waals surface area contributed by atoms with Crippen molar-refractivity contribution < 1.29 is 52.3 Å². The van der Waals surface area contributed by atoms with E-state index in [9.17, 15) is 19.2 Å². The minimum atomic E-state index is -0.229. The summed E-state index contributed by atoms with van der Waals surface area (Å²) < 4.78 is 46.5. The molecule has 0 spiro atoms. The third kappa shape index (κ3) is 20.7. The number of fused-ring (bicyclic) bond motifs is 2. The summed E-state index contributed by atoms with van der Waals surface area (Å²) in [7, 11) is 0. The first-order valence-corrected chi connectivity index (χ1v) is 28.1. The van der Waals surface area contributed by atoms with Gasteiger partial charge in [0, 0.05) is 96.6 Å². The molecule has 0 bridgehead atoms. The van der Waals surface area contributed by atoms with Gasteiger partial charge in [-0.1, -0.05) is 49.5 Å². The van der Waals surface area contributed by atoms with Gasteiger partial charge in [-0.25, -0.2) is 19.3 Å². The maximum absolute atomic E-state index is 13.0. The number of aryl methyl sites for hydroxylation is 4. The second-order valence-electron chi connectivity index (χ2n) is 19.8. The van der Waals surface area contributed by atoms with E-state index in [1.807, 2.05) is 122 Å². The van der Waals surface area contributed by atoms with Crippen molar-refractivity contribution in [1.29, 1.82) is 0 Å². The van der Waals surface area contributed by atoms with E-state index in [1.165, 1.54) is 0 Å². The molecule has 8 rings (SSSR count). The predicted molar refractivity (Wildman–Crippen MR) is 323 cm³/mol. The number of aromatic nitrogens is 10. The lowest BCUT2D eigenvalue weighted by Crippen LogP contribution is -2.13. The molecule has 2 aromatic carbocycles. The molecule has 0 radical (unpaired) electrons. The van der Waals surface area contributed by atoms with Crippen LogP contribution in [0.15, 0.2) is 97.6 Å². The highest BCUT2D eigenvalue weighted by Gasteiger charge is 2.17. The van der Waals surface area contributed by atoms with E-state index in [2.05, 4.69) is 41.2 Å². The van der Waals surface area contributed by atoms with Crippen molar-refractivity contribution in [1.82, 2.24) is 48.8 Å². The Hall–Kier alpha value is -7.90. The molecule has 6 aromatic heterocycles. The topological polar surface area (TPSA) is 253 Å². The van der Waals surface area contributed by atoms with Gasteiger partial charge < -0.3 is 52.6 Å². The van der Waals surface area contributed by atoms with Crippen LogP contribution in [0.1, 0.15) is 96.9 Å². The Morgan fingerprint density at radius 1 is 0.435 bits per heavy atom. The number of ketones is 2. The Bertz CT molecular complexity index is 3130. The van der Waals surface area contributed by atoms with Crippen molar-refractivity contribution in [2.75, 3.05) is 103 Å². The molecule has 0 aliphatic carbocycles. The molecule has 23 heteroatoms. The standard InChI is InChI=1S/C60H74N12O11.2CH4/c1-43-39-45(3)71-21-17-53(57(71)61-43)59(75)63-49-13-9-47(10-14-49)55-41-69(67-65-55)23-29-81-35-33-79-27-19-51(73)7-5-25-77-31-37-83-38-32-78-26-6-8-52(74)20-28-80-34-36-82-30-24-70-42-56(66-68-70)48-11-15-50(16-12-48)64-60(76)54-18-22-72-46(4)40-44(2)62-58(54)72;;/h9-18,21-22,39-42H,5-8,19-20,23-38H2,1-4H3,(H,63,75)(H,64,76);2*1H4. The molecular weight excluding hydrogens is 1090 g/mol. The van der Waals surface area contributed by atoms with Crippen LogP contribution in [-0.2, 0) is 55.8 Å². The van der Waals surface area contributed by atoms with E-state index < -0.39 is 0 Å². The summed E-state index contributed by atoms with van der Waals surface area (Å²) in [6.07, 6.45) is 10.2. The largest absolute Gasteiger partial charge is 0.379 e. The molecular formula is C62H82N12O11. The van der Waals surface area contributed by atoms with Crippen LogP contribution >= 0.6 is 0 Å². The number of carbonyl (C=O) groups excluding carboxylic acids is 4. The summed E-state index contributed by atoms with van der Waals surface area (Å²) in [4.78, 5) is 59.7. The zero-order chi connectivity index (χ0) is 58.2. The van der Waals surface area contributed by atoms with Crippen molar-refractivity contribution in [2.24, 2.45) is 0 Å². The second kappa shape index (κ2) is 34.8. The zero-order valence-electron chi connectivity index (χ0n) is 47.8. The van der Waals surface area contributed by atoms with Gasteiger partial charge in [0.1, 0.15) is 34.2 Å². The number of carbonyl (C=O) groups is 4. The van der Waals surface area contributed by atoms with Gasteiger partial charge in [0.25, 0.3) is 11.8 Å². The molecule has 2 amide bonds. The van der Waals surface area contributed by atoms with E-state index in [-0.39, 0.29) is 38.2 Å². The fourth-order valence-corrected chi connectivity index (χ4v) is 8.93. The Kier molecular flexibility index (Phi) is 27.1. The maximum atomic E-state index is 13.0. The lowest BCUT2D eigenvalue weighted by atomic mass is 10.1. The van der Waals surface area contributed by atoms with Crippen molar-refractivity contribution in [3.05, 3.63) is 131 Å². The first-order valence-electron chi connectivity index (χ1n) is 28.1. The Morgan fingerprint density at radius 3 is 1.18 bits per heavy atom. The predicted octanol–water partition coefficient (Wildman–Crippen LogP) is 8.80.